The number of rotatable bonds is 4. The van der Waals surface area contributed by atoms with Crippen molar-refractivity contribution in [3.8, 4) is 0 Å². The molecule has 2 rings (SSSR count). The normalized spacial score (nSPS) is 11.2. The molecule has 0 unspecified atom stereocenters. The van der Waals surface area contributed by atoms with Crippen molar-refractivity contribution < 1.29 is 9.59 Å². The molecule has 0 bridgehead atoms. The lowest BCUT2D eigenvalue weighted by atomic mass is 9.98. The van der Waals surface area contributed by atoms with Gasteiger partial charge in [-0.1, -0.05) is 36.7 Å². The Hall–Kier alpha value is -1.73. The minimum atomic E-state index is -0.286. The van der Waals surface area contributed by atoms with Crippen molar-refractivity contribution in [1.29, 1.82) is 0 Å². The van der Waals surface area contributed by atoms with Crippen molar-refractivity contribution in [2.24, 2.45) is 0 Å². The molecule has 0 aliphatic heterocycles. The molecule has 0 spiro atoms. The van der Waals surface area contributed by atoms with Crippen LogP contribution in [0.2, 0.25) is 0 Å². The Morgan fingerprint density at radius 2 is 2.00 bits per heavy atom. The summed E-state index contributed by atoms with van der Waals surface area (Å²) in [5, 5.41) is 6.30. The molecule has 0 aliphatic carbocycles. The predicted molar refractivity (Wildman–Crippen MR) is 101 cm³/mol. The summed E-state index contributed by atoms with van der Waals surface area (Å²) in [7, 11) is 0. The molecular formula is C17H20BrN3O2S. The number of amides is 2. The van der Waals surface area contributed by atoms with Crippen molar-refractivity contribution in [3.05, 3.63) is 44.3 Å². The number of thiazole rings is 1. The summed E-state index contributed by atoms with van der Waals surface area (Å²) in [5.74, 6) is -0.556. The Morgan fingerprint density at radius 3 is 2.58 bits per heavy atom. The van der Waals surface area contributed by atoms with E-state index in [0.717, 1.165) is 20.7 Å². The van der Waals surface area contributed by atoms with E-state index < -0.39 is 0 Å². The Balaban J connectivity index is 1.91. The first-order chi connectivity index (χ1) is 11.2. The second-order valence-electron chi connectivity index (χ2n) is 6.47. The van der Waals surface area contributed by atoms with Crippen molar-refractivity contribution in [1.82, 2.24) is 10.3 Å². The fraction of sp³-hybridized carbons (Fsp3) is 0.353. The zero-order valence-corrected chi connectivity index (χ0v) is 16.5. The molecule has 0 saturated heterocycles. The number of carbonyl (C=O) groups excluding carboxylic acids is 2. The van der Waals surface area contributed by atoms with E-state index in [-0.39, 0.29) is 23.8 Å². The SMILES string of the molecule is Cc1cc(Br)ccc1NC(=O)CNC(=O)c1cnc(C(C)(C)C)s1. The highest BCUT2D eigenvalue weighted by molar-refractivity contribution is 9.10. The number of carbonyl (C=O) groups is 2. The highest BCUT2D eigenvalue weighted by atomic mass is 79.9. The Labute approximate surface area is 154 Å². The minimum absolute atomic E-state index is 0.0862. The largest absolute Gasteiger partial charge is 0.342 e. The molecule has 7 heteroatoms. The molecule has 5 nitrogen and oxygen atoms in total. The maximum absolute atomic E-state index is 12.1. The minimum Gasteiger partial charge on any atom is -0.342 e. The molecule has 1 aromatic heterocycles. The third-order valence-corrected chi connectivity index (χ3v) is 5.16. The number of nitrogens with one attached hydrogen (secondary N) is 2. The van der Waals surface area contributed by atoms with Crippen molar-refractivity contribution in [2.75, 3.05) is 11.9 Å². The average Bonchev–Trinajstić information content (AvgIpc) is 2.98. The van der Waals surface area contributed by atoms with Crippen LogP contribution in [0.25, 0.3) is 0 Å². The van der Waals surface area contributed by atoms with Crippen LogP contribution in [-0.2, 0) is 10.2 Å². The number of anilines is 1. The first-order valence-electron chi connectivity index (χ1n) is 7.47. The smallest absolute Gasteiger partial charge is 0.263 e. The maximum Gasteiger partial charge on any atom is 0.263 e. The molecule has 0 aliphatic rings. The number of halogens is 1. The maximum atomic E-state index is 12.1. The van der Waals surface area contributed by atoms with Gasteiger partial charge >= 0.3 is 0 Å². The molecule has 128 valence electrons. The fourth-order valence-electron chi connectivity index (χ4n) is 1.94. The first-order valence-corrected chi connectivity index (χ1v) is 9.08. The summed E-state index contributed by atoms with van der Waals surface area (Å²) in [6.07, 6.45) is 1.55. The van der Waals surface area contributed by atoms with E-state index in [2.05, 4.69) is 31.5 Å². The molecule has 1 aromatic carbocycles. The van der Waals surface area contributed by atoms with Gasteiger partial charge in [0.2, 0.25) is 5.91 Å². The molecule has 0 saturated carbocycles. The number of nitrogens with zero attached hydrogens (tertiary/aromatic N) is 1. The van der Waals surface area contributed by atoms with E-state index in [0.29, 0.717) is 4.88 Å². The van der Waals surface area contributed by atoms with Gasteiger partial charge in [-0.25, -0.2) is 4.98 Å². The third kappa shape index (κ3) is 4.88. The highest BCUT2D eigenvalue weighted by Gasteiger charge is 2.20. The van der Waals surface area contributed by atoms with Crippen molar-refractivity contribution in [2.45, 2.75) is 33.1 Å². The lowest BCUT2D eigenvalue weighted by Gasteiger charge is -2.13. The van der Waals surface area contributed by atoms with E-state index in [1.165, 1.54) is 11.3 Å². The molecule has 2 N–H and O–H groups in total. The van der Waals surface area contributed by atoms with E-state index in [4.69, 9.17) is 0 Å². The molecule has 2 aromatic rings. The standard InChI is InChI=1S/C17H20BrN3O2S/c1-10-7-11(18)5-6-12(10)21-14(22)9-19-15(23)13-8-20-16(24-13)17(2,3)4/h5-8H,9H2,1-4H3,(H,19,23)(H,21,22). The fourth-order valence-corrected chi connectivity index (χ4v) is 3.30. The lowest BCUT2D eigenvalue weighted by molar-refractivity contribution is -0.115. The highest BCUT2D eigenvalue weighted by Crippen LogP contribution is 2.26. The monoisotopic (exact) mass is 409 g/mol. The number of hydrogen-bond donors (Lipinski definition) is 2. The zero-order valence-electron chi connectivity index (χ0n) is 14.1. The van der Waals surface area contributed by atoms with Gasteiger partial charge in [-0.3, -0.25) is 9.59 Å². The van der Waals surface area contributed by atoms with Crippen LogP contribution < -0.4 is 10.6 Å². The van der Waals surface area contributed by atoms with Gasteiger partial charge < -0.3 is 10.6 Å². The van der Waals surface area contributed by atoms with Crippen LogP contribution in [0.1, 0.15) is 41.0 Å². The topological polar surface area (TPSA) is 71.1 Å². The molecular weight excluding hydrogens is 390 g/mol. The summed E-state index contributed by atoms with van der Waals surface area (Å²) in [5.41, 5.74) is 1.58. The molecule has 1 heterocycles. The van der Waals surface area contributed by atoms with Crippen LogP contribution in [0.3, 0.4) is 0 Å². The first kappa shape index (κ1) is 18.6. The van der Waals surface area contributed by atoms with Gasteiger partial charge in [0.15, 0.2) is 0 Å². The van der Waals surface area contributed by atoms with Gasteiger partial charge in [-0.2, -0.15) is 0 Å². The summed E-state index contributed by atoms with van der Waals surface area (Å²) in [6.45, 7) is 7.95. The quantitative estimate of drug-likeness (QED) is 0.804. The molecule has 0 fully saturated rings. The average molecular weight is 410 g/mol. The lowest BCUT2D eigenvalue weighted by Crippen LogP contribution is -2.32. The second-order valence-corrected chi connectivity index (χ2v) is 8.42. The Bertz CT molecular complexity index is 765. The number of aryl methyl sites for hydroxylation is 1. The van der Waals surface area contributed by atoms with E-state index in [9.17, 15) is 9.59 Å². The van der Waals surface area contributed by atoms with Gasteiger partial charge in [0.25, 0.3) is 5.91 Å². The Morgan fingerprint density at radius 1 is 1.29 bits per heavy atom. The van der Waals surface area contributed by atoms with Gasteiger partial charge in [0.1, 0.15) is 4.88 Å². The molecule has 2 amide bonds. The zero-order chi connectivity index (χ0) is 17.9. The summed E-state index contributed by atoms with van der Waals surface area (Å²) >= 11 is 4.73. The predicted octanol–water partition coefficient (Wildman–Crippen LogP) is 3.88. The van der Waals surface area contributed by atoms with E-state index in [1.54, 1.807) is 6.20 Å². The van der Waals surface area contributed by atoms with Crippen LogP contribution in [0, 0.1) is 6.92 Å². The van der Waals surface area contributed by atoms with E-state index in [1.807, 2.05) is 45.9 Å². The van der Waals surface area contributed by atoms with Crippen molar-refractivity contribution in [3.63, 3.8) is 0 Å². The summed E-state index contributed by atoms with van der Waals surface area (Å²) < 4.78 is 0.950. The van der Waals surface area contributed by atoms with Crippen molar-refractivity contribution >= 4 is 44.8 Å². The number of benzene rings is 1. The molecule has 0 radical (unpaired) electrons. The van der Waals surface area contributed by atoms with Crippen LogP contribution in [0.4, 0.5) is 5.69 Å². The van der Waals surface area contributed by atoms with Gasteiger partial charge in [0, 0.05) is 15.6 Å². The van der Waals surface area contributed by atoms with Crippen LogP contribution >= 0.6 is 27.3 Å². The molecule has 24 heavy (non-hydrogen) atoms. The summed E-state index contributed by atoms with van der Waals surface area (Å²) in [6, 6.07) is 5.59. The Kier molecular flexibility index (Phi) is 5.77. The second kappa shape index (κ2) is 7.44. The number of aromatic nitrogens is 1. The van der Waals surface area contributed by atoms with Gasteiger partial charge in [-0.05, 0) is 30.7 Å². The van der Waals surface area contributed by atoms with Gasteiger partial charge in [-0.15, -0.1) is 11.3 Å². The van der Waals surface area contributed by atoms with Crippen LogP contribution in [0.15, 0.2) is 28.9 Å². The number of hydrogen-bond acceptors (Lipinski definition) is 4. The van der Waals surface area contributed by atoms with E-state index >= 15 is 0 Å². The van der Waals surface area contributed by atoms with Crippen LogP contribution in [-0.4, -0.2) is 23.3 Å². The van der Waals surface area contributed by atoms with Gasteiger partial charge in [0.05, 0.1) is 17.7 Å². The molecule has 0 atom stereocenters. The third-order valence-electron chi connectivity index (χ3n) is 3.24. The summed E-state index contributed by atoms with van der Waals surface area (Å²) in [4.78, 5) is 28.9. The van der Waals surface area contributed by atoms with Crippen LogP contribution in [0.5, 0.6) is 0 Å².